The van der Waals surface area contributed by atoms with Crippen LogP contribution in [0.2, 0.25) is 0 Å². The van der Waals surface area contributed by atoms with Crippen LogP contribution in [0.25, 0.3) is 0 Å². The lowest BCUT2D eigenvalue weighted by Crippen LogP contribution is -2.29. The van der Waals surface area contributed by atoms with Gasteiger partial charge >= 0.3 is 0 Å². The molecule has 0 unspecified atom stereocenters. The Labute approximate surface area is 239 Å². The molecule has 8 nitrogen and oxygen atoms in total. The van der Waals surface area contributed by atoms with Gasteiger partial charge in [-0.3, -0.25) is 9.78 Å². The maximum Gasteiger partial charge on any atom is 0.250 e. The summed E-state index contributed by atoms with van der Waals surface area (Å²) in [4.78, 5) is 19.2. The van der Waals surface area contributed by atoms with Gasteiger partial charge < -0.3 is 29.6 Å². The Morgan fingerprint density at radius 3 is 2.52 bits per heavy atom. The fourth-order valence-corrected chi connectivity index (χ4v) is 5.69. The van der Waals surface area contributed by atoms with Crippen LogP contribution in [0.1, 0.15) is 40.3 Å². The summed E-state index contributed by atoms with van der Waals surface area (Å²) in [7, 11) is 3.06. The molecule has 1 aliphatic heterocycles. The SMILES string of the molecule is COCC(=O)Nc1cc(N2C(=S)N[C@H](c3ccccn3)[C@H]2c2cc(C)n(Cc3ccccc3)c2C)ccc1OC. The van der Waals surface area contributed by atoms with E-state index < -0.39 is 0 Å². The van der Waals surface area contributed by atoms with E-state index in [2.05, 4.69) is 69.3 Å². The molecule has 0 spiro atoms. The molecule has 1 fully saturated rings. The summed E-state index contributed by atoms with van der Waals surface area (Å²) in [5, 5.41) is 7.00. The quantitative estimate of drug-likeness (QED) is 0.271. The van der Waals surface area contributed by atoms with Crippen molar-refractivity contribution in [3.63, 3.8) is 0 Å². The predicted octanol–water partition coefficient (Wildman–Crippen LogP) is 5.32. The van der Waals surface area contributed by atoms with Crippen LogP contribution in [0.3, 0.4) is 0 Å². The van der Waals surface area contributed by atoms with E-state index in [0.29, 0.717) is 16.5 Å². The highest BCUT2D eigenvalue weighted by Crippen LogP contribution is 2.44. The molecule has 1 saturated heterocycles. The highest BCUT2D eigenvalue weighted by Gasteiger charge is 2.42. The number of hydrogen-bond acceptors (Lipinski definition) is 5. The number of ether oxygens (including phenoxy) is 2. The maximum absolute atomic E-state index is 12.4. The summed E-state index contributed by atoms with van der Waals surface area (Å²) in [5.41, 5.74) is 6.97. The van der Waals surface area contributed by atoms with Crippen LogP contribution in [0.5, 0.6) is 5.75 Å². The van der Waals surface area contributed by atoms with E-state index in [1.807, 2.05) is 42.5 Å². The van der Waals surface area contributed by atoms with Crippen LogP contribution in [0.4, 0.5) is 11.4 Å². The number of benzene rings is 2. The number of carbonyl (C=O) groups excluding carboxylic acids is 1. The van der Waals surface area contributed by atoms with Gasteiger partial charge in [0.1, 0.15) is 12.4 Å². The standard InChI is InChI=1S/C31H33N5O3S/c1-20-16-24(21(2)35(20)18-22-10-6-5-7-11-22)30-29(25-12-8-9-15-32-25)34-31(40)36(30)23-13-14-27(39-4)26(17-23)33-28(37)19-38-3/h5-17,29-30H,18-19H2,1-4H3,(H,33,37)(H,34,40)/t29-,30-/m1/s1. The number of methoxy groups -OCH3 is 2. The highest BCUT2D eigenvalue weighted by molar-refractivity contribution is 7.80. The van der Waals surface area contributed by atoms with Gasteiger partial charge in [-0.2, -0.15) is 0 Å². The smallest absolute Gasteiger partial charge is 0.250 e. The van der Waals surface area contributed by atoms with Crippen molar-refractivity contribution in [2.75, 3.05) is 31.0 Å². The van der Waals surface area contributed by atoms with Crippen molar-refractivity contribution in [3.8, 4) is 5.75 Å². The van der Waals surface area contributed by atoms with Crippen molar-refractivity contribution in [3.05, 3.63) is 107 Å². The predicted molar refractivity (Wildman–Crippen MR) is 161 cm³/mol. The van der Waals surface area contributed by atoms with Crippen molar-refractivity contribution >= 4 is 34.6 Å². The number of anilines is 2. The minimum Gasteiger partial charge on any atom is -0.495 e. The molecule has 5 rings (SSSR count). The number of aryl methyl sites for hydroxylation is 1. The van der Waals surface area contributed by atoms with Gasteiger partial charge in [-0.15, -0.1) is 0 Å². The minimum absolute atomic E-state index is 0.0607. The number of hydrogen-bond donors (Lipinski definition) is 2. The molecule has 1 amide bonds. The number of nitrogens with zero attached hydrogens (tertiary/aromatic N) is 3. The summed E-state index contributed by atoms with van der Waals surface area (Å²) in [6, 6.07) is 23.9. The molecule has 2 aromatic heterocycles. The van der Waals surface area contributed by atoms with Gasteiger partial charge in [0.25, 0.3) is 0 Å². The number of pyridine rings is 1. The van der Waals surface area contributed by atoms with Gasteiger partial charge in [0.15, 0.2) is 5.11 Å². The zero-order chi connectivity index (χ0) is 28.2. The van der Waals surface area contributed by atoms with Crippen LogP contribution < -0.4 is 20.3 Å². The van der Waals surface area contributed by atoms with E-state index in [-0.39, 0.29) is 24.6 Å². The molecule has 3 heterocycles. The Morgan fingerprint density at radius 1 is 1.05 bits per heavy atom. The molecular weight excluding hydrogens is 522 g/mol. The molecular formula is C31H33N5O3S. The lowest BCUT2D eigenvalue weighted by molar-refractivity contribution is -0.119. The van der Waals surface area contributed by atoms with E-state index in [4.69, 9.17) is 21.7 Å². The summed E-state index contributed by atoms with van der Waals surface area (Å²) >= 11 is 5.94. The zero-order valence-electron chi connectivity index (χ0n) is 23.0. The molecule has 0 radical (unpaired) electrons. The fraction of sp³-hybridized carbons (Fsp3) is 0.258. The molecule has 0 saturated carbocycles. The second-order valence-corrected chi connectivity index (χ2v) is 10.1. The molecule has 1 aliphatic rings. The lowest BCUT2D eigenvalue weighted by Gasteiger charge is -2.29. The van der Waals surface area contributed by atoms with E-state index in [0.717, 1.165) is 34.9 Å². The van der Waals surface area contributed by atoms with Gasteiger partial charge in [0, 0.05) is 36.9 Å². The molecule has 0 aliphatic carbocycles. The number of carbonyl (C=O) groups is 1. The van der Waals surface area contributed by atoms with Gasteiger partial charge in [-0.05, 0) is 73.6 Å². The van der Waals surface area contributed by atoms with Crippen LogP contribution in [0.15, 0.2) is 79.0 Å². The van der Waals surface area contributed by atoms with Crippen molar-refractivity contribution in [1.82, 2.24) is 14.9 Å². The Kier molecular flexibility index (Phi) is 8.14. The first-order chi connectivity index (χ1) is 19.4. The largest absolute Gasteiger partial charge is 0.495 e. The van der Waals surface area contributed by atoms with Crippen LogP contribution in [-0.2, 0) is 16.1 Å². The number of nitrogens with one attached hydrogen (secondary N) is 2. The van der Waals surface area contributed by atoms with Crippen molar-refractivity contribution in [2.45, 2.75) is 32.5 Å². The van der Waals surface area contributed by atoms with Crippen LogP contribution in [-0.4, -0.2) is 41.4 Å². The Balaban J connectivity index is 1.60. The van der Waals surface area contributed by atoms with E-state index >= 15 is 0 Å². The third-order valence-corrected chi connectivity index (χ3v) is 7.54. The Hall–Kier alpha value is -4.21. The number of thiocarbonyl (C=S) groups is 1. The topological polar surface area (TPSA) is 80.7 Å². The first kappa shape index (κ1) is 27.4. The van der Waals surface area contributed by atoms with Crippen molar-refractivity contribution in [1.29, 1.82) is 0 Å². The summed E-state index contributed by atoms with van der Waals surface area (Å²) in [5.74, 6) is 0.276. The Morgan fingerprint density at radius 2 is 1.82 bits per heavy atom. The van der Waals surface area contributed by atoms with E-state index in [1.165, 1.54) is 12.7 Å². The number of rotatable bonds is 9. The third kappa shape index (κ3) is 5.43. The molecule has 0 bridgehead atoms. The second-order valence-electron chi connectivity index (χ2n) is 9.76. The van der Waals surface area contributed by atoms with Crippen molar-refractivity contribution < 1.29 is 14.3 Å². The first-order valence-corrected chi connectivity index (χ1v) is 13.5. The summed E-state index contributed by atoms with van der Waals surface area (Å²) in [6.45, 7) is 5.01. The van der Waals surface area contributed by atoms with Gasteiger partial charge in [0.2, 0.25) is 5.91 Å². The average molecular weight is 556 g/mol. The first-order valence-electron chi connectivity index (χ1n) is 13.1. The number of amides is 1. The van der Waals surface area contributed by atoms with Crippen LogP contribution >= 0.6 is 12.2 Å². The Bertz CT molecular complexity index is 1510. The van der Waals surface area contributed by atoms with Crippen molar-refractivity contribution in [2.24, 2.45) is 0 Å². The van der Waals surface area contributed by atoms with Gasteiger partial charge in [-0.25, -0.2) is 0 Å². The van der Waals surface area contributed by atoms with E-state index in [1.54, 1.807) is 13.3 Å². The molecule has 4 aromatic rings. The van der Waals surface area contributed by atoms with Gasteiger partial charge in [0.05, 0.1) is 30.6 Å². The maximum atomic E-state index is 12.4. The molecule has 206 valence electrons. The fourth-order valence-electron chi connectivity index (χ4n) is 5.35. The minimum atomic E-state index is -0.271. The monoisotopic (exact) mass is 555 g/mol. The zero-order valence-corrected chi connectivity index (χ0v) is 23.9. The lowest BCUT2D eigenvalue weighted by atomic mass is 9.96. The van der Waals surface area contributed by atoms with Gasteiger partial charge in [-0.1, -0.05) is 36.4 Å². The molecule has 2 N–H and O–H groups in total. The number of aromatic nitrogens is 2. The molecule has 2 atom stereocenters. The highest BCUT2D eigenvalue weighted by atomic mass is 32.1. The summed E-state index contributed by atoms with van der Waals surface area (Å²) < 4.78 is 12.9. The average Bonchev–Trinajstić information content (AvgIpc) is 3.45. The van der Waals surface area contributed by atoms with Crippen LogP contribution in [0, 0.1) is 13.8 Å². The normalized spacial score (nSPS) is 16.6. The van der Waals surface area contributed by atoms with E-state index in [9.17, 15) is 4.79 Å². The third-order valence-electron chi connectivity index (χ3n) is 7.22. The molecule has 9 heteroatoms. The summed E-state index contributed by atoms with van der Waals surface area (Å²) in [6.07, 6.45) is 1.80. The molecule has 2 aromatic carbocycles. The second kappa shape index (κ2) is 11.9. The molecule has 40 heavy (non-hydrogen) atoms.